The van der Waals surface area contributed by atoms with Crippen LogP contribution in [0.2, 0.25) is 0 Å². The molecule has 1 aliphatic carbocycles. The van der Waals surface area contributed by atoms with Crippen LogP contribution in [0.3, 0.4) is 0 Å². The molecule has 1 unspecified atom stereocenters. The van der Waals surface area contributed by atoms with Crippen molar-refractivity contribution in [2.45, 2.75) is 96.1 Å². The first-order valence-corrected chi connectivity index (χ1v) is 22.0. The van der Waals surface area contributed by atoms with Gasteiger partial charge in [-0.1, -0.05) is 76.2 Å². The van der Waals surface area contributed by atoms with Gasteiger partial charge in [-0.15, -0.1) is 0 Å². The number of nitrogens with one attached hydrogen (secondary N) is 5. The van der Waals surface area contributed by atoms with Gasteiger partial charge in [-0.2, -0.15) is 0 Å². The van der Waals surface area contributed by atoms with Gasteiger partial charge in [0.05, 0.1) is 49.6 Å². The third-order valence-corrected chi connectivity index (χ3v) is 14.0. The monoisotopic (exact) mass is 855 g/mol. The molecule has 15 nitrogen and oxygen atoms in total. The fourth-order valence-electron chi connectivity index (χ4n) is 10.1. The number of hydrogen-bond donors (Lipinski definition) is 5. The zero-order valence-corrected chi connectivity index (χ0v) is 37.0. The summed E-state index contributed by atoms with van der Waals surface area (Å²) in [7, 11) is 2.60. The number of imidazole rings is 2. The van der Waals surface area contributed by atoms with Crippen molar-refractivity contribution in [3.8, 4) is 33.6 Å². The Hall–Kier alpha value is -6.22. The highest BCUT2D eigenvalue weighted by molar-refractivity contribution is 5.91. The predicted octanol–water partition coefficient (Wildman–Crippen LogP) is 7.24. The summed E-state index contributed by atoms with van der Waals surface area (Å²) in [5, 5.41) is 11.3. The van der Waals surface area contributed by atoms with Gasteiger partial charge in [0.2, 0.25) is 11.8 Å². The predicted molar refractivity (Wildman–Crippen MR) is 238 cm³/mol. The van der Waals surface area contributed by atoms with Gasteiger partial charge >= 0.3 is 12.2 Å². The van der Waals surface area contributed by atoms with Gasteiger partial charge in [0.1, 0.15) is 23.7 Å². The maximum absolute atomic E-state index is 14.2. The summed E-state index contributed by atoms with van der Waals surface area (Å²) in [4.78, 5) is 73.0. The number of ether oxygens (including phenoxy) is 2. The van der Waals surface area contributed by atoms with E-state index in [-0.39, 0.29) is 35.1 Å². The number of aromatic nitrogens is 4. The zero-order chi connectivity index (χ0) is 44.4. The molecule has 5 N–H and O–H groups in total. The summed E-state index contributed by atoms with van der Waals surface area (Å²) in [6, 6.07) is 19.6. The molecule has 5 atom stereocenters. The Labute approximate surface area is 367 Å². The number of piperidine rings is 1. The Morgan fingerprint density at radius 1 is 0.714 bits per heavy atom. The molecule has 9 rings (SSSR count). The highest BCUT2D eigenvalue weighted by atomic mass is 16.5. The largest absolute Gasteiger partial charge is 0.453 e. The van der Waals surface area contributed by atoms with E-state index < -0.39 is 35.5 Å². The maximum atomic E-state index is 14.2. The lowest BCUT2D eigenvalue weighted by molar-refractivity contribution is -0.142. The SMILES string of the molecule is COC(=O)N[C@H](C(=O)N1CC2(CC2)C[C@H]1c1ncc(-c2ccc3cc(-c4ccc(-c5cnc(C67CC[C@@](C)(CN6)N7C(=O)[C@@H](NC(=O)OC)C(C)C)[nH]5)cc4)ccc3c2)[nH]1)C(C)C. The number of nitrogens with zero attached hydrogens (tertiary/aromatic N) is 4. The number of H-pyrrole nitrogens is 2. The van der Waals surface area contributed by atoms with Crippen LogP contribution in [0.4, 0.5) is 9.59 Å². The lowest BCUT2D eigenvalue weighted by atomic mass is 9.95. The highest BCUT2D eigenvalue weighted by Crippen LogP contribution is 2.58. The second kappa shape index (κ2) is 15.8. The van der Waals surface area contributed by atoms with Crippen LogP contribution in [-0.4, -0.2) is 98.7 Å². The molecular weight excluding hydrogens is 799 g/mol. The van der Waals surface area contributed by atoms with Gasteiger partial charge in [-0.3, -0.25) is 14.9 Å². The van der Waals surface area contributed by atoms with Crippen molar-refractivity contribution in [3.63, 3.8) is 0 Å². The van der Waals surface area contributed by atoms with Crippen LogP contribution in [0.25, 0.3) is 44.4 Å². The fraction of sp³-hybridized carbons (Fsp3) is 0.458. The molecule has 0 radical (unpaired) electrons. The van der Waals surface area contributed by atoms with E-state index in [1.54, 1.807) is 0 Å². The van der Waals surface area contributed by atoms with Crippen molar-refractivity contribution >= 4 is 34.8 Å². The second-order valence-corrected chi connectivity index (χ2v) is 19.0. The van der Waals surface area contributed by atoms with Gasteiger partial charge in [0.25, 0.3) is 0 Å². The summed E-state index contributed by atoms with van der Waals surface area (Å²) in [5.74, 6) is 0.900. The van der Waals surface area contributed by atoms with Crippen LogP contribution >= 0.6 is 0 Å². The van der Waals surface area contributed by atoms with E-state index in [1.807, 2.05) is 49.9 Å². The molecule has 3 saturated heterocycles. The second-order valence-electron chi connectivity index (χ2n) is 19.0. The Bertz CT molecular complexity index is 2570. The average Bonchev–Trinajstić information content (AvgIpc) is 3.82. The quantitative estimate of drug-likeness (QED) is 0.0914. The Kier molecular flexibility index (Phi) is 10.6. The number of methoxy groups -OCH3 is 2. The number of rotatable bonds is 11. The fourth-order valence-corrected chi connectivity index (χ4v) is 10.1. The van der Waals surface area contributed by atoms with Crippen LogP contribution in [-0.2, 0) is 24.7 Å². The molecule has 5 heterocycles. The first-order valence-electron chi connectivity index (χ1n) is 22.0. The number of carbonyl (C=O) groups excluding carboxylic acids is 4. The lowest BCUT2D eigenvalue weighted by Crippen LogP contribution is -2.59. The molecule has 1 spiro atoms. The summed E-state index contributed by atoms with van der Waals surface area (Å²) in [6.45, 7) is 11.0. The summed E-state index contributed by atoms with van der Waals surface area (Å²) in [6.07, 6.45) is 6.93. The summed E-state index contributed by atoms with van der Waals surface area (Å²) < 4.78 is 9.67. The summed E-state index contributed by atoms with van der Waals surface area (Å²) >= 11 is 0. The molecule has 5 aromatic rings. The number of fused-ring (bicyclic) bond motifs is 3. The van der Waals surface area contributed by atoms with Gasteiger partial charge in [-0.05, 0) is 95.9 Å². The van der Waals surface area contributed by atoms with Crippen LogP contribution in [0.5, 0.6) is 0 Å². The number of carbonyl (C=O) groups is 4. The zero-order valence-electron chi connectivity index (χ0n) is 37.0. The molecule has 4 amide bonds. The van der Waals surface area contributed by atoms with Gasteiger partial charge in [-0.25, -0.2) is 19.6 Å². The van der Waals surface area contributed by atoms with Crippen molar-refractivity contribution < 1.29 is 28.7 Å². The number of likely N-dealkylation sites (tertiary alicyclic amines) is 1. The molecule has 4 fully saturated rings. The minimum Gasteiger partial charge on any atom is -0.453 e. The van der Waals surface area contributed by atoms with Gasteiger partial charge < -0.3 is 39.9 Å². The molecule has 3 aromatic carbocycles. The number of hydrogen-bond acceptors (Lipinski definition) is 9. The highest BCUT2D eigenvalue weighted by Gasteiger charge is 2.63. The first kappa shape index (κ1) is 42.1. The number of aromatic amines is 2. The van der Waals surface area contributed by atoms with Crippen LogP contribution in [0.15, 0.2) is 73.1 Å². The molecular formula is C48H57N9O6. The van der Waals surface area contributed by atoms with Crippen molar-refractivity contribution in [2.75, 3.05) is 27.3 Å². The van der Waals surface area contributed by atoms with E-state index in [2.05, 4.69) is 93.5 Å². The molecule has 330 valence electrons. The molecule has 15 heteroatoms. The van der Waals surface area contributed by atoms with Crippen molar-refractivity contribution in [2.24, 2.45) is 17.3 Å². The van der Waals surface area contributed by atoms with Crippen molar-refractivity contribution in [3.05, 3.63) is 84.7 Å². The smallest absolute Gasteiger partial charge is 0.407 e. The Morgan fingerprint density at radius 2 is 1.29 bits per heavy atom. The third-order valence-electron chi connectivity index (χ3n) is 14.0. The molecule has 3 aliphatic heterocycles. The Morgan fingerprint density at radius 3 is 1.89 bits per heavy atom. The standard InChI is InChI=1S/C48H57N9O6/c1-27(2)38(54-44(60)62-6)41(58)56-26-47(17-18-47)22-37(56)40-49-23-36(52-40)34-15-14-32-20-31(12-13-33(32)21-34)29-8-10-30(11-9-29)35-24-50-43(53-35)48-19-16-46(5,25-51-48)57(48)42(59)39(28(3)4)55-45(61)63-7/h8-15,20-21,23-24,27-28,37-39,51H,16-19,22,25-26H2,1-7H3,(H,49,52)(H,50,53)(H,54,60)(H,55,61)/t37-,38-,39-,46-,48?/m0/s1. The Balaban J connectivity index is 0.905. The van der Waals surface area contributed by atoms with E-state index >= 15 is 0 Å². The topological polar surface area (TPSA) is 187 Å². The first-order chi connectivity index (χ1) is 30.2. The average molecular weight is 856 g/mol. The molecule has 2 aromatic heterocycles. The van der Waals surface area contributed by atoms with E-state index in [4.69, 9.17) is 19.4 Å². The number of alkyl carbamates (subject to hydrolysis) is 2. The van der Waals surface area contributed by atoms with Crippen LogP contribution < -0.4 is 16.0 Å². The van der Waals surface area contributed by atoms with Crippen molar-refractivity contribution in [1.82, 2.24) is 45.7 Å². The maximum Gasteiger partial charge on any atom is 0.407 e. The van der Waals surface area contributed by atoms with Crippen molar-refractivity contribution in [1.29, 1.82) is 0 Å². The van der Waals surface area contributed by atoms with E-state index in [9.17, 15) is 19.2 Å². The molecule has 63 heavy (non-hydrogen) atoms. The molecule has 2 bridgehead atoms. The third kappa shape index (κ3) is 7.49. The van der Waals surface area contributed by atoms with Gasteiger partial charge in [0.15, 0.2) is 5.66 Å². The van der Waals surface area contributed by atoms with Gasteiger partial charge in [0, 0.05) is 18.7 Å². The van der Waals surface area contributed by atoms with E-state index in [0.717, 1.165) is 75.9 Å². The number of amides is 4. The lowest BCUT2D eigenvalue weighted by Gasteiger charge is -2.39. The molecule has 4 aliphatic rings. The number of benzene rings is 3. The minimum atomic E-state index is -0.820. The minimum absolute atomic E-state index is 0.108. The van der Waals surface area contributed by atoms with Crippen LogP contribution in [0.1, 0.15) is 84.4 Å². The van der Waals surface area contributed by atoms with Crippen LogP contribution in [0, 0.1) is 17.3 Å². The molecule has 1 saturated carbocycles. The van der Waals surface area contributed by atoms with E-state index in [0.29, 0.717) is 25.3 Å². The summed E-state index contributed by atoms with van der Waals surface area (Å²) in [5.41, 5.74) is 4.73. The van der Waals surface area contributed by atoms with E-state index in [1.165, 1.54) is 14.2 Å². The normalized spacial score (nSPS) is 23.1.